The van der Waals surface area contributed by atoms with Crippen LogP contribution in [0.5, 0.6) is 0 Å². The van der Waals surface area contributed by atoms with Crippen molar-refractivity contribution < 1.29 is 4.79 Å². The Balaban J connectivity index is 1.94. The van der Waals surface area contributed by atoms with E-state index in [1.165, 1.54) is 5.56 Å². The number of Topliss-reactive ketones (excluding diaryl/α,β-unsaturated/α-hetero) is 1. The second-order valence-corrected chi connectivity index (χ2v) is 6.08. The lowest BCUT2D eigenvalue weighted by Gasteiger charge is -2.10. The van der Waals surface area contributed by atoms with Gasteiger partial charge in [-0.2, -0.15) is 0 Å². The molecule has 0 spiro atoms. The Morgan fingerprint density at radius 2 is 1.74 bits per heavy atom. The third-order valence-corrected chi connectivity index (χ3v) is 4.31. The standard InChI is InChI=1S/C16H15ClOS/c1-12(19-11-13-5-3-2-4-6-13)16(18)14-7-9-15(17)10-8-14/h2-10,12H,11H2,1H3. The molecule has 0 aliphatic heterocycles. The molecule has 0 amide bonds. The summed E-state index contributed by atoms with van der Waals surface area (Å²) in [4.78, 5) is 12.2. The molecular weight excluding hydrogens is 276 g/mol. The lowest BCUT2D eigenvalue weighted by atomic mass is 10.1. The van der Waals surface area contributed by atoms with Crippen molar-refractivity contribution in [1.29, 1.82) is 0 Å². The average Bonchev–Trinajstić information content (AvgIpc) is 2.46. The highest BCUT2D eigenvalue weighted by Gasteiger charge is 2.15. The van der Waals surface area contributed by atoms with E-state index in [0.29, 0.717) is 5.02 Å². The minimum absolute atomic E-state index is 0.0543. The van der Waals surface area contributed by atoms with Crippen LogP contribution in [0.25, 0.3) is 0 Å². The number of benzene rings is 2. The summed E-state index contributed by atoms with van der Waals surface area (Å²) in [5.41, 5.74) is 1.96. The molecule has 98 valence electrons. The maximum absolute atomic E-state index is 12.2. The molecule has 0 saturated heterocycles. The molecule has 0 heterocycles. The first kappa shape index (κ1) is 14.2. The normalized spacial score (nSPS) is 12.1. The van der Waals surface area contributed by atoms with Crippen molar-refractivity contribution in [2.75, 3.05) is 0 Å². The van der Waals surface area contributed by atoms with E-state index < -0.39 is 0 Å². The number of hydrogen-bond donors (Lipinski definition) is 0. The fourth-order valence-corrected chi connectivity index (χ4v) is 2.77. The van der Waals surface area contributed by atoms with Gasteiger partial charge >= 0.3 is 0 Å². The Labute approximate surface area is 123 Å². The number of carbonyl (C=O) groups is 1. The van der Waals surface area contributed by atoms with Crippen LogP contribution < -0.4 is 0 Å². The molecule has 1 atom stereocenters. The lowest BCUT2D eigenvalue weighted by molar-refractivity contribution is 0.0994. The predicted molar refractivity (Wildman–Crippen MR) is 83.0 cm³/mol. The van der Waals surface area contributed by atoms with Gasteiger partial charge in [-0.15, -0.1) is 11.8 Å². The zero-order chi connectivity index (χ0) is 13.7. The molecule has 0 bridgehead atoms. The molecule has 19 heavy (non-hydrogen) atoms. The van der Waals surface area contributed by atoms with Gasteiger partial charge in [0.25, 0.3) is 0 Å². The molecule has 2 aromatic rings. The molecule has 3 heteroatoms. The molecule has 0 aromatic heterocycles. The summed E-state index contributed by atoms with van der Waals surface area (Å²) < 4.78 is 0. The van der Waals surface area contributed by atoms with Gasteiger partial charge in [-0.1, -0.05) is 41.9 Å². The van der Waals surface area contributed by atoms with Crippen LogP contribution in [-0.2, 0) is 5.75 Å². The van der Waals surface area contributed by atoms with E-state index >= 15 is 0 Å². The Morgan fingerprint density at radius 1 is 1.11 bits per heavy atom. The molecule has 2 aromatic carbocycles. The van der Waals surface area contributed by atoms with Gasteiger partial charge in [0.2, 0.25) is 0 Å². The van der Waals surface area contributed by atoms with E-state index in [4.69, 9.17) is 11.6 Å². The first-order valence-corrected chi connectivity index (χ1v) is 7.55. The number of hydrogen-bond acceptors (Lipinski definition) is 2. The van der Waals surface area contributed by atoms with Crippen molar-refractivity contribution in [2.24, 2.45) is 0 Å². The topological polar surface area (TPSA) is 17.1 Å². The fourth-order valence-electron chi connectivity index (χ4n) is 1.72. The minimum Gasteiger partial charge on any atom is -0.293 e. The van der Waals surface area contributed by atoms with Crippen molar-refractivity contribution in [3.8, 4) is 0 Å². The van der Waals surface area contributed by atoms with Gasteiger partial charge in [-0.05, 0) is 36.8 Å². The summed E-state index contributed by atoms with van der Waals surface area (Å²) in [6, 6.07) is 17.2. The van der Waals surface area contributed by atoms with Crippen molar-refractivity contribution in [3.05, 3.63) is 70.7 Å². The molecule has 0 N–H and O–H groups in total. The summed E-state index contributed by atoms with van der Waals surface area (Å²) in [5, 5.41) is 0.600. The van der Waals surface area contributed by atoms with Crippen LogP contribution in [-0.4, -0.2) is 11.0 Å². The summed E-state index contributed by atoms with van der Waals surface area (Å²) >= 11 is 7.47. The first-order chi connectivity index (χ1) is 9.16. The number of carbonyl (C=O) groups excluding carboxylic acids is 1. The molecule has 0 aliphatic rings. The third-order valence-electron chi connectivity index (χ3n) is 2.84. The van der Waals surface area contributed by atoms with E-state index in [-0.39, 0.29) is 11.0 Å². The lowest BCUT2D eigenvalue weighted by Crippen LogP contribution is -2.13. The van der Waals surface area contributed by atoms with E-state index in [1.54, 1.807) is 36.0 Å². The molecule has 2 rings (SSSR count). The van der Waals surface area contributed by atoms with Crippen LogP contribution in [0.2, 0.25) is 5.02 Å². The second-order valence-electron chi connectivity index (χ2n) is 4.31. The SMILES string of the molecule is CC(SCc1ccccc1)C(=O)c1ccc(Cl)cc1. The van der Waals surface area contributed by atoms with E-state index in [0.717, 1.165) is 11.3 Å². The highest BCUT2D eigenvalue weighted by molar-refractivity contribution is 7.99. The van der Waals surface area contributed by atoms with Crippen molar-refractivity contribution in [2.45, 2.75) is 17.9 Å². The summed E-state index contributed by atoms with van der Waals surface area (Å²) in [6.07, 6.45) is 0. The van der Waals surface area contributed by atoms with Gasteiger partial charge in [0.1, 0.15) is 0 Å². The average molecular weight is 291 g/mol. The zero-order valence-electron chi connectivity index (χ0n) is 10.7. The Hall–Kier alpha value is -1.25. The minimum atomic E-state index is -0.0543. The van der Waals surface area contributed by atoms with Crippen LogP contribution in [0.3, 0.4) is 0 Å². The summed E-state index contributed by atoms with van der Waals surface area (Å²) in [5.74, 6) is 0.999. The number of thioether (sulfide) groups is 1. The van der Waals surface area contributed by atoms with E-state index in [9.17, 15) is 4.79 Å². The number of rotatable bonds is 5. The van der Waals surface area contributed by atoms with Crippen molar-refractivity contribution in [3.63, 3.8) is 0 Å². The van der Waals surface area contributed by atoms with Crippen LogP contribution in [0.4, 0.5) is 0 Å². The van der Waals surface area contributed by atoms with Crippen LogP contribution in [0.15, 0.2) is 54.6 Å². The smallest absolute Gasteiger partial charge is 0.175 e. The van der Waals surface area contributed by atoms with Gasteiger partial charge in [0, 0.05) is 16.3 Å². The fraction of sp³-hybridized carbons (Fsp3) is 0.188. The van der Waals surface area contributed by atoms with Crippen LogP contribution in [0.1, 0.15) is 22.8 Å². The largest absolute Gasteiger partial charge is 0.293 e. The zero-order valence-corrected chi connectivity index (χ0v) is 12.2. The Bertz CT molecular complexity index is 536. The maximum Gasteiger partial charge on any atom is 0.175 e. The molecule has 0 saturated carbocycles. The highest BCUT2D eigenvalue weighted by Crippen LogP contribution is 2.21. The van der Waals surface area contributed by atoms with Gasteiger partial charge in [-0.25, -0.2) is 0 Å². The molecule has 1 nitrogen and oxygen atoms in total. The second kappa shape index (κ2) is 6.78. The highest BCUT2D eigenvalue weighted by atomic mass is 35.5. The molecule has 0 fully saturated rings. The first-order valence-electron chi connectivity index (χ1n) is 6.12. The molecule has 0 aliphatic carbocycles. The summed E-state index contributed by atoms with van der Waals surface area (Å²) in [7, 11) is 0. The van der Waals surface area contributed by atoms with Crippen molar-refractivity contribution in [1.82, 2.24) is 0 Å². The van der Waals surface area contributed by atoms with Gasteiger partial charge < -0.3 is 0 Å². The Kier molecular flexibility index (Phi) is 5.06. The van der Waals surface area contributed by atoms with Crippen molar-refractivity contribution >= 4 is 29.1 Å². The quantitative estimate of drug-likeness (QED) is 0.733. The van der Waals surface area contributed by atoms with Crippen LogP contribution in [0, 0.1) is 0 Å². The van der Waals surface area contributed by atoms with E-state index in [2.05, 4.69) is 12.1 Å². The summed E-state index contributed by atoms with van der Waals surface area (Å²) in [6.45, 7) is 1.95. The third kappa shape index (κ3) is 4.12. The number of ketones is 1. The maximum atomic E-state index is 12.2. The molecular formula is C16H15ClOS. The van der Waals surface area contributed by atoms with Gasteiger partial charge in [0.15, 0.2) is 5.78 Å². The predicted octanol–water partition coefficient (Wildman–Crippen LogP) is 4.84. The molecule has 1 unspecified atom stereocenters. The monoisotopic (exact) mass is 290 g/mol. The number of halogens is 1. The Morgan fingerprint density at radius 3 is 2.37 bits per heavy atom. The van der Waals surface area contributed by atoms with E-state index in [1.807, 2.05) is 25.1 Å². The van der Waals surface area contributed by atoms with Gasteiger partial charge in [0.05, 0.1) is 5.25 Å². The molecule has 0 radical (unpaired) electrons. The van der Waals surface area contributed by atoms with Crippen LogP contribution >= 0.6 is 23.4 Å². The van der Waals surface area contributed by atoms with Gasteiger partial charge in [-0.3, -0.25) is 4.79 Å².